The molecule has 0 amide bonds. The highest BCUT2D eigenvalue weighted by atomic mass is 32.1. The number of anilines is 2. The molecule has 0 saturated heterocycles. The molecule has 0 bridgehead atoms. The van der Waals surface area contributed by atoms with E-state index in [9.17, 15) is 5.11 Å². The molecule has 3 rings (SSSR count). The van der Waals surface area contributed by atoms with Crippen LogP contribution < -0.4 is 10.4 Å². The van der Waals surface area contributed by atoms with E-state index >= 15 is 0 Å². The van der Waals surface area contributed by atoms with Gasteiger partial charge in [0.05, 0.1) is 34.8 Å². The number of fused-ring (bicyclic) bond motifs is 3. The quantitative estimate of drug-likeness (QED) is 0.830. The first-order chi connectivity index (χ1) is 9.72. The second-order valence-electron chi connectivity index (χ2n) is 5.00. The number of nitrogens with one attached hydrogen (secondary N) is 1. The summed E-state index contributed by atoms with van der Waals surface area (Å²) >= 11 is 1.64. The van der Waals surface area contributed by atoms with Crippen LogP contribution in [0.5, 0.6) is 0 Å². The highest BCUT2D eigenvalue weighted by molar-refractivity contribution is 7.17. The number of nitrogens with zero attached hydrogens (tertiary/aromatic N) is 2. The fourth-order valence-electron chi connectivity index (χ4n) is 2.35. The van der Waals surface area contributed by atoms with Crippen LogP contribution in [0.2, 0.25) is 0 Å². The van der Waals surface area contributed by atoms with Gasteiger partial charge in [-0.25, -0.2) is 5.06 Å². The van der Waals surface area contributed by atoms with E-state index in [1.165, 1.54) is 0 Å². The van der Waals surface area contributed by atoms with Gasteiger partial charge in [0.25, 0.3) is 0 Å². The van der Waals surface area contributed by atoms with E-state index in [-0.39, 0.29) is 6.17 Å². The van der Waals surface area contributed by atoms with Crippen LogP contribution in [-0.4, -0.2) is 29.0 Å². The molecule has 1 aliphatic heterocycles. The van der Waals surface area contributed by atoms with Crippen molar-refractivity contribution in [3.05, 3.63) is 17.6 Å². The summed E-state index contributed by atoms with van der Waals surface area (Å²) in [6, 6.07) is 2.00. The molecule has 2 unspecified atom stereocenters. The van der Waals surface area contributed by atoms with Crippen molar-refractivity contribution in [2.45, 2.75) is 39.0 Å². The summed E-state index contributed by atoms with van der Waals surface area (Å²) in [5, 5.41) is 17.1. The average molecular weight is 293 g/mol. The van der Waals surface area contributed by atoms with E-state index < -0.39 is 6.10 Å². The van der Waals surface area contributed by atoms with E-state index in [2.05, 4.69) is 17.2 Å². The number of thiophene rings is 1. The number of aromatic nitrogens is 1. The third-order valence-corrected chi connectivity index (χ3v) is 4.32. The van der Waals surface area contributed by atoms with E-state index in [1.807, 2.05) is 22.7 Å². The Morgan fingerprint density at radius 1 is 1.60 bits per heavy atom. The van der Waals surface area contributed by atoms with E-state index in [0.717, 1.165) is 34.4 Å². The Morgan fingerprint density at radius 3 is 3.20 bits per heavy atom. The minimum Gasteiger partial charge on any atom is -0.389 e. The smallest absolute Gasteiger partial charge is 0.151 e. The fourth-order valence-corrected chi connectivity index (χ4v) is 3.24. The van der Waals surface area contributed by atoms with Gasteiger partial charge >= 0.3 is 0 Å². The molecule has 5 nitrogen and oxygen atoms in total. The van der Waals surface area contributed by atoms with Crippen LogP contribution in [0, 0.1) is 0 Å². The van der Waals surface area contributed by atoms with Crippen LogP contribution >= 0.6 is 11.3 Å². The van der Waals surface area contributed by atoms with Crippen molar-refractivity contribution in [3.8, 4) is 0 Å². The molecule has 1 aliphatic rings. The number of unbranched alkanes of at least 4 members (excludes halogenated alkanes) is 1. The fraction of sp³-hybridized carbons (Fsp3) is 0.500. The number of aliphatic hydroxyl groups is 1. The van der Waals surface area contributed by atoms with Gasteiger partial charge in [-0.2, -0.15) is 0 Å². The Labute approximate surface area is 122 Å². The molecule has 2 N–H and O–H groups in total. The van der Waals surface area contributed by atoms with Gasteiger partial charge in [-0.3, -0.25) is 9.82 Å². The number of rotatable bonds is 5. The number of hydroxylamine groups is 1. The van der Waals surface area contributed by atoms with Crippen LogP contribution in [-0.2, 0) is 4.84 Å². The highest BCUT2D eigenvalue weighted by Crippen LogP contribution is 2.42. The SMILES string of the molecule is CCCCON1c2c(cnc3ccsc23)NC1C(C)O. The second-order valence-corrected chi connectivity index (χ2v) is 5.91. The van der Waals surface area contributed by atoms with E-state index in [0.29, 0.717) is 6.61 Å². The second kappa shape index (κ2) is 5.55. The minimum atomic E-state index is -0.543. The molecular formula is C14H19N3O2S. The lowest BCUT2D eigenvalue weighted by atomic mass is 10.3. The van der Waals surface area contributed by atoms with Gasteiger partial charge in [-0.15, -0.1) is 11.3 Å². The molecule has 2 atom stereocenters. The van der Waals surface area contributed by atoms with Crippen LogP contribution in [0.4, 0.5) is 11.4 Å². The molecule has 3 heterocycles. The van der Waals surface area contributed by atoms with Gasteiger partial charge in [0, 0.05) is 0 Å². The summed E-state index contributed by atoms with van der Waals surface area (Å²) in [7, 11) is 0. The number of hydrogen-bond donors (Lipinski definition) is 2. The van der Waals surface area contributed by atoms with E-state index in [4.69, 9.17) is 4.84 Å². The normalized spacial score (nSPS) is 19.1. The number of aliphatic hydroxyl groups excluding tert-OH is 1. The summed E-state index contributed by atoms with van der Waals surface area (Å²) in [5.74, 6) is 0. The number of pyridine rings is 1. The van der Waals surface area contributed by atoms with Crippen molar-refractivity contribution in [2.75, 3.05) is 17.0 Å². The monoisotopic (exact) mass is 293 g/mol. The maximum Gasteiger partial charge on any atom is 0.151 e. The molecule has 2 aromatic rings. The molecule has 0 aliphatic carbocycles. The Morgan fingerprint density at radius 2 is 2.45 bits per heavy atom. The maximum atomic E-state index is 9.97. The lowest BCUT2D eigenvalue weighted by molar-refractivity contribution is 0.0546. The first kappa shape index (κ1) is 13.6. The van der Waals surface area contributed by atoms with Gasteiger partial charge in [0.15, 0.2) is 6.17 Å². The lowest BCUT2D eigenvalue weighted by Gasteiger charge is -2.27. The summed E-state index contributed by atoms with van der Waals surface area (Å²) < 4.78 is 1.09. The molecule has 6 heteroatoms. The Kier molecular flexibility index (Phi) is 3.78. The molecule has 2 aromatic heterocycles. The largest absolute Gasteiger partial charge is 0.389 e. The molecule has 0 saturated carbocycles. The highest BCUT2D eigenvalue weighted by Gasteiger charge is 2.35. The van der Waals surface area contributed by atoms with Gasteiger partial charge in [-0.1, -0.05) is 13.3 Å². The van der Waals surface area contributed by atoms with Crippen LogP contribution in [0.15, 0.2) is 17.6 Å². The van der Waals surface area contributed by atoms with Crippen molar-refractivity contribution in [3.63, 3.8) is 0 Å². The van der Waals surface area contributed by atoms with Crippen molar-refractivity contribution in [2.24, 2.45) is 0 Å². The zero-order chi connectivity index (χ0) is 14.1. The summed E-state index contributed by atoms with van der Waals surface area (Å²) in [4.78, 5) is 10.3. The molecule has 0 aromatic carbocycles. The van der Waals surface area contributed by atoms with Gasteiger partial charge in [0.2, 0.25) is 0 Å². The first-order valence-corrected chi connectivity index (χ1v) is 7.83. The molecule has 0 fully saturated rings. The zero-order valence-electron chi connectivity index (χ0n) is 11.7. The third kappa shape index (κ3) is 2.24. The number of hydrogen-bond acceptors (Lipinski definition) is 6. The van der Waals surface area contributed by atoms with Crippen molar-refractivity contribution in [1.82, 2.24) is 4.98 Å². The Bertz CT molecular complexity index is 599. The van der Waals surface area contributed by atoms with Gasteiger partial charge in [-0.05, 0) is 24.8 Å². The Balaban J connectivity index is 1.98. The average Bonchev–Trinajstić information content (AvgIpc) is 3.02. The summed E-state index contributed by atoms with van der Waals surface area (Å²) in [6.45, 7) is 4.54. The zero-order valence-corrected chi connectivity index (χ0v) is 12.5. The van der Waals surface area contributed by atoms with Crippen LogP contribution in [0.3, 0.4) is 0 Å². The standard InChI is InChI=1S/C14H19N3O2S/c1-3-4-6-19-17-12-11(16-14(17)9(2)18)8-15-10-5-7-20-13(10)12/h5,7-9,14,16,18H,3-4,6H2,1-2H3. The molecule has 20 heavy (non-hydrogen) atoms. The van der Waals surface area contributed by atoms with Crippen LogP contribution in [0.25, 0.3) is 10.2 Å². The molecule has 0 radical (unpaired) electrons. The van der Waals surface area contributed by atoms with Gasteiger partial charge < -0.3 is 10.4 Å². The molecular weight excluding hydrogens is 274 g/mol. The Hall–Kier alpha value is -1.37. The van der Waals surface area contributed by atoms with E-state index in [1.54, 1.807) is 18.3 Å². The molecule has 0 spiro atoms. The molecule has 108 valence electrons. The maximum absolute atomic E-state index is 9.97. The minimum absolute atomic E-state index is 0.267. The lowest BCUT2D eigenvalue weighted by Crippen LogP contribution is -2.43. The van der Waals surface area contributed by atoms with Gasteiger partial charge in [0.1, 0.15) is 5.69 Å². The van der Waals surface area contributed by atoms with Crippen LogP contribution in [0.1, 0.15) is 26.7 Å². The van der Waals surface area contributed by atoms with Crippen molar-refractivity contribution in [1.29, 1.82) is 0 Å². The van der Waals surface area contributed by atoms with Crippen molar-refractivity contribution < 1.29 is 9.94 Å². The first-order valence-electron chi connectivity index (χ1n) is 6.95. The predicted octanol–water partition coefficient (Wildman–Crippen LogP) is 2.97. The summed E-state index contributed by atoms with van der Waals surface area (Å²) in [5.41, 5.74) is 2.88. The summed E-state index contributed by atoms with van der Waals surface area (Å²) in [6.07, 6.45) is 3.08. The third-order valence-electron chi connectivity index (χ3n) is 3.41. The van der Waals surface area contributed by atoms with Crippen molar-refractivity contribution >= 4 is 32.9 Å². The topological polar surface area (TPSA) is 57.6 Å². The predicted molar refractivity (Wildman–Crippen MR) is 82.1 cm³/mol.